The van der Waals surface area contributed by atoms with Gasteiger partial charge in [-0.15, -0.1) is 0 Å². The Morgan fingerprint density at radius 1 is 1.40 bits per heavy atom. The number of hydrogen-bond acceptors (Lipinski definition) is 2. The third-order valence-corrected chi connectivity index (χ3v) is 2.75. The van der Waals surface area contributed by atoms with Crippen LogP contribution in [-0.4, -0.2) is 11.1 Å². The topological polar surface area (TPSA) is 22.1 Å². The van der Waals surface area contributed by atoms with Crippen LogP contribution >= 0.6 is 11.6 Å². The molecule has 0 aliphatic heterocycles. The average molecular weight is 226 g/mol. The second-order valence-electron chi connectivity index (χ2n) is 5.08. The number of halogens is 1. The molecule has 0 aromatic carbocycles. The summed E-state index contributed by atoms with van der Waals surface area (Å²) in [5.41, 5.74) is 1.05. The zero-order chi connectivity index (χ0) is 11.1. The van der Waals surface area contributed by atoms with Crippen LogP contribution in [0, 0.1) is 0 Å². The fourth-order valence-corrected chi connectivity index (χ4v) is 1.78. The van der Waals surface area contributed by atoms with Crippen molar-refractivity contribution in [3.8, 4) is 5.75 Å². The smallest absolute Gasteiger partial charge is 0.138 e. The van der Waals surface area contributed by atoms with E-state index in [-0.39, 0.29) is 5.41 Å². The first kappa shape index (κ1) is 10.7. The van der Waals surface area contributed by atoms with E-state index in [4.69, 9.17) is 16.3 Å². The standard InChI is InChI=1S/C12H16ClNO/c1-12(2,3)10-6-9(7-14-11(10)13)15-8-4-5-8/h6-8H,4-5H2,1-3H3. The highest BCUT2D eigenvalue weighted by atomic mass is 35.5. The van der Waals surface area contributed by atoms with Gasteiger partial charge in [-0.3, -0.25) is 0 Å². The van der Waals surface area contributed by atoms with E-state index in [1.54, 1.807) is 6.20 Å². The molecule has 1 saturated carbocycles. The predicted octanol–water partition coefficient (Wildman–Crippen LogP) is 3.57. The summed E-state index contributed by atoms with van der Waals surface area (Å²) in [7, 11) is 0. The molecule has 1 aromatic heterocycles. The summed E-state index contributed by atoms with van der Waals surface area (Å²) in [6.07, 6.45) is 4.43. The summed E-state index contributed by atoms with van der Waals surface area (Å²) >= 11 is 6.07. The van der Waals surface area contributed by atoms with Crippen molar-refractivity contribution in [3.05, 3.63) is 23.0 Å². The number of nitrogens with zero attached hydrogens (tertiary/aromatic N) is 1. The van der Waals surface area contributed by atoms with Gasteiger partial charge in [-0.25, -0.2) is 4.98 Å². The summed E-state index contributed by atoms with van der Waals surface area (Å²) in [4.78, 5) is 4.17. The lowest BCUT2D eigenvalue weighted by atomic mass is 9.88. The van der Waals surface area contributed by atoms with Gasteiger partial charge in [0.05, 0.1) is 12.3 Å². The summed E-state index contributed by atoms with van der Waals surface area (Å²) in [5, 5.41) is 0.575. The zero-order valence-corrected chi connectivity index (χ0v) is 10.1. The monoisotopic (exact) mass is 225 g/mol. The lowest BCUT2D eigenvalue weighted by Crippen LogP contribution is -2.13. The van der Waals surface area contributed by atoms with E-state index in [1.165, 1.54) is 0 Å². The number of ether oxygens (including phenoxy) is 1. The molecule has 1 aliphatic carbocycles. The van der Waals surface area contributed by atoms with Gasteiger partial charge in [0.25, 0.3) is 0 Å². The molecular weight excluding hydrogens is 210 g/mol. The fourth-order valence-electron chi connectivity index (χ4n) is 1.40. The van der Waals surface area contributed by atoms with Gasteiger partial charge >= 0.3 is 0 Å². The number of pyridine rings is 1. The highest BCUT2D eigenvalue weighted by Crippen LogP contribution is 2.33. The maximum absolute atomic E-state index is 6.07. The predicted molar refractivity (Wildman–Crippen MR) is 61.6 cm³/mol. The Balaban J connectivity index is 2.27. The molecule has 0 saturated heterocycles. The van der Waals surface area contributed by atoms with Gasteiger partial charge in [-0.1, -0.05) is 32.4 Å². The van der Waals surface area contributed by atoms with Gasteiger partial charge in [0.1, 0.15) is 10.9 Å². The Bertz CT molecular complexity index is 366. The minimum absolute atomic E-state index is 0.00695. The van der Waals surface area contributed by atoms with Crippen LogP contribution in [0.25, 0.3) is 0 Å². The highest BCUT2D eigenvalue weighted by molar-refractivity contribution is 6.30. The molecule has 0 N–H and O–H groups in total. The van der Waals surface area contributed by atoms with Crippen molar-refractivity contribution in [2.75, 3.05) is 0 Å². The Morgan fingerprint density at radius 2 is 2.07 bits per heavy atom. The molecule has 0 radical (unpaired) electrons. The maximum atomic E-state index is 6.07. The molecular formula is C12H16ClNO. The summed E-state index contributed by atoms with van der Waals surface area (Å²) < 4.78 is 5.69. The molecule has 15 heavy (non-hydrogen) atoms. The van der Waals surface area contributed by atoms with Crippen molar-refractivity contribution in [3.63, 3.8) is 0 Å². The van der Waals surface area contributed by atoms with E-state index < -0.39 is 0 Å². The van der Waals surface area contributed by atoms with Crippen LogP contribution < -0.4 is 4.74 Å². The molecule has 1 aliphatic rings. The Hall–Kier alpha value is -0.760. The van der Waals surface area contributed by atoms with Crippen LogP contribution in [0.3, 0.4) is 0 Å². The summed E-state index contributed by atoms with van der Waals surface area (Å²) in [5.74, 6) is 0.840. The first-order valence-corrected chi connectivity index (χ1v) is 5.67. The van der Waals surface area contributed by atoms with Gasteiger partial charge in [-0.05, 0) is 29.9 Å². The van der Waals surface area contributed by atoms with Gasteiger partial charge in [0.2, 0.25) is 0 Å². The molecule has 0 bridgehead atoms. The minimum atomic E-state index is 0.00695. The molecule has 1 heterocycles. The summed E-state index contributed by atoms with van der Waals surface area (Å²) in [6.45, 7) is 6.37. The van der Waals surface area contributed by atoms with Crippen LogP contribution in [0.2, 0.25) is 5.15 Å². The van der Waals surface area contributed by atoms with Crippen molar-refractivity contribution in [2.24, 2.45) is 0 Å². The molecule has 1 fully saturated rings. The molecule has 0 unspecified atom stereocenters. The van der Waals surface area contributed by atoms with Crippen molar-refractivity contribution in [2.45, 2.75) is 45.1 Å². The first-order valence-electron chi connectivity index (χ1n) is 5.29. The molecule has 0 atom stereocenters. The van der Waals surface area contributed by atoms with Crippen LogP contribution in [0.4, 0.5) is 0 Å². The Morgan fingerprint density at radius 3 is 2.60 bits per heavy atom. The lowest BCUT2D eigenvalue weighted by molar-refractivity contribution is 0.301. The van der Waals surface area contributed by atoms with Gasteiger partial charge < -0.3 is 4.74 Å². The number of aromatic nitrogens is 1. The van der Waals surface area contributed by atoms with Crippen LogP contribution in [-0.2, 0) is 5.41 Å². The molecule has 2 rings (SSSR count). The Labute approximate surface area is 95.6 Å². The van der Waals surface area contributed by atoms with Crippen LogP contribution in [0.15, 0.2) is 12.3 Å². The second-order valence-corrected chi connectivity index (χ2v) is 5.43. The van der Waals surface area contributed by atoms with Crippen LogP contribution in [0.5, 0.6) is 5.75 Å². The van der Waals surface area contributed by atoms with Crippen molar-refractivity contribution in [1.29, 1.82) is 0 Å². The third-order valence-electron chi connectivity index (χ3n) is 2.45. The third kappa shape index (κ3) is 2.63. The van der Waals surface area contributed by atoms with E-state index >= 15 is 0 Å². The summed E-state index contributed by atoms with van der Waals surface area (Å²) in [6, 6.07) is 2.01. The lowest BCUT2D eigenvalue weighted by Gasteiger charge is -2.20. The Kier molecular flexibility index (Phi) is 2.63. The van der Waals surface area contributed by atoms with Crippen LogP contribution in [0.1, 0.15) is 39.2 Å². The van der Waals surface area contributed by atoms with E-state index in [9.17, 15) is 0 Å². The quantitative estimate of drug-likeness (QED) is 0.718. The molecule has 2 nitrogen and oxygen atoms in total. The van der Waals surface area contributed by atoms with Crippen molar-refractivity contribution in [1.82, 2.24) is 4.98 Å². The van der Waals surface area contributed by atoms with Crippen molar-refractivity contribution < 1.29 is 4.74 Å². The normalized spacial score (nSPS) is 16.5. The minimum Gasteiger partial charge on any atom is -0.489 e. The molecule has 0 spiro atoms. The van der Waals surface area contributed by atoms with Gasteiger partial charge in [0.15, 0.2) is 0 Å². The fraction of sp³-hybridized carbons (Fsp3) is 0.583. The molecule has 82 valence electrons. The second kappa shape index (κ2) is 3.67. The average Bonchev–Trinajstić information content (AvgIpc) is 2.90. The molecule has 3 heteroatoms. The largest absolute Gasteiger partial charge is 0.489 e. The van der Waals surface area contributed by atoms with Gasteiger partial charge in [-0.2, -0.15) is 0 Å². The van der Waals surface area contributed by atoms with E-state index in [0.717, 1.165) is 24.2 Å². The van der Waals surface area contributed by atoms with E-state index in [1.807, 2.05) is 6.07 Å². The van der Waals surface area contributed by atoms with E-state index in [2.05, 4.69) is 25.8 Å². The van der Waals surface area contributed by atoms with Gasteiger partial charge in [0, 0.05) is 0 Å². The highest BCUT2D eigenvalue weighted by Gasteiger charge is 2.25. The number of rotatable bonds is 2. The first-order chi connectivity index (χ1) is 6.97. The van der Waals surface area contributed by atoms with Crippen molar-refractivity contribution >= 4 is 11.6 Å². The zero-order valence-electron chi connectivity index (χ0n) is 9.38. The number of hydrogen-bond donors (Lipinski definition) is 0. The van der Waals surface area contributed by atoms with E-state index in [0.29, 0.717) is 11.3 Å². The molecule has 1 aromatic rings. The SMILES string of the molecule is CC(C)(C)c1cc(OC2CC2)cnc1Cl. The molecule has 0 amide bonds. The maximum Gasteiger partial charge on any atom is 0.138 e.